The van der Waals surface area contributed by atoms with E-state index >= 15 is 0 Å². The Morgan fingerprint density at radius 1 is 1.14 bits per heavy atom. The molecular formula is C17H34N2O2. The van der Waals surface area contributed by atoms with Crippen molar-refractivity contribution in [2.75, 3.05) is 26.7 Å². The highest BCUT2D eigenvalue weighted by Crippen LogP contribution is 2.42. The summed E-state index contributed by atoms with van der Waals surface area (Å²) in [5.74, 6) is 0.435. The molecule has 0 saturated carbocycles. The van der Waals surface area contributed by atoms with E-state index in [0.717, 1.165) is 19.5 Å². The van der Waals surface area contributed by atoms with E-state index in [1.54, 1.807) is 0 Å². The summed E-state index contributed by atoms with van der Waals surface area (Å²) in [5.41, 5.74) is -0.285. The summed E-state index contributed by atoms with van der Waals surface area (Å²) in [4.78, 5) is 2.51. The molecule has 2 aliphatic heterocycles. The highest BCUT2D eigenvalue weighted by atomic mass is 16.5. The Bertz CT molecular complexity index is 344. The molecule has 0 aromatic carbocycles. The predicted octanol–water partition coefficient (Wildman–Crippen LogP) is 2.01. The molecule has 3 atom stereocenters. The van der Waals surface area contributed by atoms with Crippen LogP contribution in [0.15, 0.2) is 0 Å². The lowest BCUT2D eigenvalue weighted by atomic mass is 9.82. The Hall–Kier alpha value is -0.160. The number of nitrogens with one attached hydrogen (secondary N) is 1. The minimum absolute atomic E-state index is 0.135. The maximum Gasteiger partial charge on any atom is 0.0790 e. The number of hydrogen-bond donors (Lipinski definition) is 2. The SMILES string of the molecule is CNC1C(CN2CCCCCC2CO)C(C)(C)OC1(C)C. The molecule has 2 heterocycles. The molecule has 2 rings (SSSR count). The first-order valence-electron chi connectivity index (χ1n) is 8.54. The third-order valence-corrected chi connectivity index (χ3v) is 5.52. The Kier molecular flexibility index (Phi) is 5.35. The molecule has 0 amide bonds. The zero-order valence-electron chi connectivity index (χ0n) is 14.5. The molecule has 4 heteroatoms. The first-order chi connectivity index (χ1) is 9.81. The third-order valence-electron chi connectivity index (χ3n) is 5.52. The van der Waals surface area contributed by atoms with Gasteiger partial charge in [-0.1, -0.05) is 12.8 Å². The highest BCUT2D eigenvalue weighted by molar-refractivity contribution is 5.06. The Morgan fingerprint density at radius 3 is 2.48 bits per heavy atom. The van der Waals surface area contributed by atoms with E-state index in [1.165, 1.54) is 19.3 Å². The largest absolute Gasteiger partial charge is 0.395 e. The first kappa shape index (κ1) is 17.2. The molecule has 0 spiro atoms. The maximum atomic E-state index is 9.73. The second kappa shape index (κ2) is 6.53. The fourth-order valence-electron chi connectivity index (χ4n) is 4.51. The molecule has 124 valence electrons. The van der Waals surface area contributed by atoms with Gasteiger partial charge in [0.25, 0.3) is 0 Å². The highest BCUT2D eigenvalue weighted by Gasteiger charge is 2.53. The summed E-state index contributed by atoms with van der Waals surface area (Å²) in [6.45, 7) is 11.2. The van der Waals surface area contributed by atoms with Crippen molar-refractivity contribution >= 4 is 0 Å². The van der Waals surface area contributed by atoms with E-state index in [1.807, 2.05) is 7.05 Å². The number of likely N-dealkylation sites (tertiary alicyclic amines) is 1. The molecule has 2 saturated heterocycles. The number of rotatable bonds is 4. The van der Waals surface area contributed by atoms with Gasteiger partial charge in [0.05, 0.1) is 17.8 Å². The van der Waals surface area contributed by atoms with Crippen molar-refractivity contribution < 1.29 is 9.84 Å². The summed E-state index contributed by atoms with van der Waals surface area (Å²) in [5, 5.41) is 13.2. The van der Waals surface area contributed by atoms with Crippen LogP contribution < -0.4 is 5.32 Å². The van der Waals surface area contributed by atoms with Gasteiger partial charge in [-0.3, -0.25) is 4.90 Å². The minimum Gasteiger partial charge on any atom is -0.395 e. The second-order valence-electron chi connectivity index (χ2n) is 7.86. The number of nitrogens with zero attached hydrogens (tertiary/aromatic N) is 1. The lowest BCUT2D eigenvalue weighted by molar-refractivity contribution is -0.0804. The lowest BCUT2D eigenvalue weighted by Crippen LogP contribution is -2.51. The van der Waals surface area contributed by atoms with Crippen molar-refractivity contribution in [2.45, 2.75) is 76.7 Å². The molecule has 0 bridgehead atoms. The number of hydrogen-bond acceptors (Lipinski definition) is 4. The summed E-state index contributed by atoms with van der Waals surface area (Å²) >= 11 is 0. The predicted molar refractivity (Wildman–Crippen MR) is 86.5 cm³/mol. The van der Waals surface area contributed by atoms with Gasteiger partial charge < -0.3 is 15.2 Å². The summed E-state index contributed by atoms with van der Waals surface area (Å²) in [6.07, 6.45) is 4.90. The van der Waals surface area contributed by atoms with Crippen LogP contribution in [0.4, 0.5) is 0 Å². The standard InChI is InChI=1S/C17H34N2O2/c1-16(2)14(15(18-5)17(3,4)21-16)11-19-10-8-6-7-9-13(19)12-20/h13-15,18,20H,6-12H2,1-5H3. The van der Waals surface area contributed by atoms with Crippen LogP contribution in [0.5, 0.6) is 0 Å². The molecule has 0 aliphatic carbocycles. The van der Waals surface area contributed by atoms with E-state index in [2.05, 4.69) is 37.9 Å². The average molecular weight is 298 g/mol. The van der Waals surface area contributed by atoms with Crippen LogP contribution in [0.1, 0.15) is 53.4 Å². The monoisotopic (exact) mass is 298 g/mol. The Balaban J connectivity index is 2.15. The van der Waals surface area contributed by atoms with Gasteiger partial charge in [-0.25, -0.2) is 0 Å². The van der Waals surface area contributed by atoms with Crippen LogP contribution in [0.2, 0.25) is 0 Å². The number of likely N-dealkylation sites (N-methyl/N-ethyl adjacent to an activating group) is 1. The van der Waals surface area contributed by atoms with Gasteiger partial charge in [-0.05, 0) is 54.1 Å². The van der Waals surface area contributed by atoms with Gasteiger partial charge in [0.15, 0.2) is 0 Å². The minimum atomic E-state index is -0.149. The zero-order chi connectivity index (χ0) is 15.7. The van der Waals surface area contributed by atoms with E-state index < -0.39 is 0 Å². The summed E-state index contributed by atoms with van der Waals surface area (Å²) < 4.78 is 6.34. The lowest BCUT2D eigenvalue weighted by Gasteiger charge is -2.37. The van der Waals surface area contributed by atoms with Gasteiger partial charge in [-0.2, -0.15) is 0 Å². The van der Waals surface area contributed by atoms with E-state index in [0.29, 0.717) is 18.0 Å². The van der Waals surface area contributed by atoms with Crippen LogP contribution in [0, 0.1) is 5.92 Å². The van der Waals surface area contributed by atoms with Crippen LogP contribution in [0.25, 0.3) is 0 Å². The van der Waals surface area contributed by atoms with Crippen LogP contribution >= 0.6 is 0 Å². The fraction of sp³-hybridized carbons (Fsp3) is 1.00. The number of aliphatic hydroxyl groups excluding tert-OH is 1. The fourth-order valence-corrected chi connectivity index (χ4v) is 4.51. The van der Waals surface area contributed by atoms with Gasteiger partial charge in [0, 0.05) is 24.5 Å². The maximum absolute atomic E-state index is 9.73. The zero-order valence-corrected chi connectivity index (χ0v) is 14.5. The van der Waals surface area contributed by atoms with Crippen LogP contribution in [0.3, 0.4) is 0 Å². The van der Waals surface area contributed by atoms with Crippen LogP contribution in [-0.2, 0) is 4.74 Å². The van der Waals surface area contributed by atoms with Crippen LogP contribution in [-0.4, -0.2) is 60.0 Å². The molecule has 3 unspecified atom stereocenters. The van der Waals surface area contributed by atoms with Gasteiger partial charge >= 0.3 is 0 Å². The molecule has 21 heavy (non-hydrogen) atoms. The van der Waals surface area contributed by atoms with Crippen molar-refractivity contribution in [3.63, 3.8) is 0 Å². The second-order valence-corrected chi connectivity index (χ2v) is 7.86. The van der Waals surface area contributed by atoms with Gasteiger partial charge in [0.1, 0.15) is 0 Å². The molecule has 2 fully saturated rings. The number of aliphatic hydroxyl groups is 1. The molecule has 0 radical (unpaired) electrons. The summed E-state index contributed by atoms with van der Waals surface area (Å²) in [6, 6.07) is 0.666. The van der Waals surface area contributed by atoms with Gasteiger partial charge in [-0.15, -0.1) is 0 Å². The van der Waals surface area contributed by atoms with Crippen molar-refractivity contribution in [1.29, 1.82) is 0 Å². The molecule has 0 aromatic rings. The van der Waals surface area contributed by atoms with E-state index in [4.69, 9.17) is 4.74 Å². The quantitative estimate of drug-likeness (QED) is 0.833. The van der Waals surface area contributed by atoms with Crippen molar-refractivity contribution in [1.82, 2.24) is 10.2 Å². The average Bonchev–Trinajstić information content (AvgIpc) is 2.56. The van der Waals surface area contributed by atoms with Crippen molar-refractivity contribution in [3.05, 3.63) is 0 Å². The molecular weight excluding hydrogens is 264 g/mol. The van der Waals surface area contributed by atoms with E-state index in [9.17, 15) is 5.11 Å². The molecule has 2 aliphatic rings. The van der Waals surface area contributed by atoms with Gasteiger partial charge in [0.2, 0.25) is 0 Å². The van der Waals surface area contributed by atoms with E-state index in [-0.39, 0.29) is 17.8 Å². The Morgan fingerprint density at radius 2 is 1.86 bits per heavy atom. The third kappa shape index (κ3) is 3.61. The molecule has 4 nitrogen and oxygen atoms in total. The van der Waals surface area contributed by atoms with Crippen molar-refractivity contribution in [2.24, 2.45) is 5.92 Å². The summed E-state index contributed by atoms with van der Waals surface area (Å²) in [7, 11) is 2.04. The molecule has 2 N–H and O–H groups in total. The normalized spacial score (nSPS) is 36.6. The number of ether oxygens (including phenoxy) is 1. The molecule has 0 aromatic heterocycles. The first-order valence-corrected chi connectivity index (χ1v) is 8.54. The van der Waals surface area contributed by atoms with Crippen molar-refractivity contribution in [3.8, 4) is 0 Å². The smallest absolute Gasteiger partial charge is 0.0790 e. The Labute approximate surface area is 130 Å². The topological polar surface area (TPSA) is 44.7 Å².